The van der Waals surface area contributed by atoms with Gasteiger partial charge in [0, 0.05) is 0 Å². The minimum absolute atomic E-state index is 0.00982. The van der Waals surface area contributed by atoms with Crippen molar-refractivity contribution in [3.8, 4) is 0 Å². The summed E-state index contributed by atoms with van der Waals surface area (Å²) in [4.78, 5) is 22.5. The Morgan fingerprint density at radius 1 is 0.867 bits per heavy atom. The van der Waals surface area contributed by atoms with Crippen LogP contribution in [0.1, 0.15) is 20.7 Å². The van der Waals surface area contributed by atoms with Gasteiger partial charge in [-0.05, 0) is 15.9 Å². The van der Waals surface area contributed by atoms with Crippen molar-refractivity contribution in [2.45, 2.75) is 0 Å². The normalized spacial score (nSPS) is 14.1. The fourth-order valence-electron chi connectivity index (χ4n) is 1.20. The molecule has 7 heteroatoms. The van der Waals surface area contributed by atoms with Crippen LogP contribution < -0.4 is 0 Å². The molecule has 0 aromatic heterocycles. The smallest absolute Gasteiger partial charge is 0.348 e. The maximum atomic E-state index is 11.3. The lowest BCUT2D eigenvalue weighted by molar-refractivity contribution is 0.0443. The van der Waals surface area contributed by atoms with Crippen molar-refractivity contribution in [3.63, 3.8) is 0 Å². The predicted molar refractivity (Wildman–Crippen MR) is 58.9 cm³/mol. The van der Waals surface area contributed by atoms with Crippen LogP contribution >= 0.6 is 50.7 Å². The summed E-state index contributed by atoms with van der Waals surface area (Å²) in [5, 5.41) is 0.0124. The van der Waals surface area contributed by atoms with E-state index in [1.807, 2.05) is 0 Å². The van der Waals surface area contributed by atoms with Crippen LogP contribution in [-0.2, 0) is 4.74 Å². The standard InChI is InChI=1S/C8BrCl3O3/c9-3-1-2(8(14)15-7(1)13)4(10)6(12)5(3)11. The van der Waals surface area contributed by atoms with Crippen molar-refractivity contribution in [2.75, 3.05) is 0 Å². The van der Waals surface area contributed by atoms with Crippen LogP contribution in [0.25, 0.3) is 0 Å². The number of hydrogen-bond acceptors (Lipinski definition) is 3. The van der Waals surface area contributed by atoms with E-state index in [1.165, 1.54) is 0 Å². The Morgan fingerprint density at radius 2 is 1.40 bits per heavy atom. The lowest BCUT2D eigenvalue weighted by Gasteiger charge is -2.05. The van der Waals surface area contributed by atoms with Gasteiger partial charge in [-0.25, -0.2) is 9.59 Å². The largest absolute Gasteiger partial charge is 0.386 e. The maximum absolute atomic E-state index is 11.3. The number of ether oxygens (including phenoxy) is 1. The number of carbonyl (C=O) groups excluding carboxylic acids is 2. The van der Waals surface area contributed by atoms with Crippen LogP contribution in [0.15, 0.2) is 4.47 Å². The third-order valence-corrected chi connectivity index (χ3v) is 4.21. The van der Waals surface area contributed by atoms with Gasteiger partial charge in [-0.1, -0.05) is 34.8 Å². The summed E-state index contributed by atoms with van der Waals surface area (Å²) in [6.45, 7) is 0. The van der Waals surface area contributed by atoms with Crippen LogP contribution in [0.3, 0.4) is 0 Å². The van der Waals surface area contributed by atoms with E-state index < -0.39 is 11.9 Å². The van der Waals surface area contributed by atoms with Crippen LogP contribution in [0.4, 0.5) is 0 Å². The van der Waals surface area contributed by atoms with Gasteiger partial charge >= 0.3 is 11.9 Å². The number of hydrogen-bond donors (Lipinski definition) is 0. The van der Waals surface area contributed by atoms with Crippen molar-refractivity contribution in [1.29, 1.82) is 0 Å². The number of esters is 2. The first-order valence-corrected chi connectivity index (χ1v) is 5.50. The average Bonchev–Trinajstić information content (AvgIpc) is 2.47. The molecule has 0 atom stereocenters. The molecule has 0 bridgehead atoms. The number of halogens is 4. The highest BCUT2D eigenvalue weighted by atomic mass is 79.9. The van der Waals surface area contributed by atoms with E-state index in [0.29, 0.717) is 0 Å². The first-order chi connectivity index (χ1) is 6.95. The molecule has 0 unspecified atom stereocenters. The molecular weight excluding hydrogens is 330 g/mol. The first-order valence-electron chi connectivity index (χ1n) is 3.57. The second-order valence-corrected chi connectivity index (χ2v) is 4.61. The van der Waals surface area contributed by atoms with Gasteiger partial charge in [0.25, 0.3) is 0 Å². The van der Waals surface area contributed by atoms with Gasteiger partial charge in [0.05, 0.1) is 30.7 Å². The van der Waals surface area contributed by atoms with Crippen LogP contribution in [0.2, 0.25) is 15.1 Å². The Labute approximate surface area is 107 Å². The van der Waals surface area contributed by atoms with Crippen molar-refractivity contribution in [1.82, 2.24) is 0 Å². The van der Waals surface area contributed by atoms with E-state index in [9.17, 15) is 9.59 Å². The average molecular weight is 330 g/mol. The van der Waals surface area contributed by atoms with Gasteiger partial charge in [-0.15, -0.1) is 0 Å². The highest BCUT2D eigenvalue weighted by Gasteiger charge is 2.37. The molecule has 15 heavy (non-hydrogen) atoms. The van der Waals surface area contributed by atoms with Crippen LogP contribution in [-0.4, -0.2) is 11.9 Å². The molecule has 0 radical (unpaired) electrons. The zero-order valence-electron chi connectivity index (χ0n) is 6.74. The summed E-state index contributed by atoms with van der Waals surface area (Å²) >= 11 is 20.4. The first kappa shape index (κ1) is 11.2. The summed E-state index contributed by atoms with van der Waals surface area (Å²) in [6.07, 6.45) is 0. The van der Waals surface area contributed by atoms with Gasteiger partial charge in [-0.3, -0.25) is 0 Å². The highest BCUT2D eigenvalue weighted by molar-refractivity contribution is 9.10. The third-order valence-electron chi connectivity index (χ3n) is 1.86. The molecule has 0 aliphatic carbocycles. The van der Waals surface area contributed by atoms with E-state index in [0.717, 1.165) is 0 Å². The molecule has 1 heterocycles. The Balaban J connectivity index is 2.92. The lowest BCUT2D eigenvalue weighted by atomic mass is 10.1. The van der Waals surface area contributed by atoms with E-state index in [4.69, 9.17) is 34.8 Å². The summed E-state index contributed by atoms with van der Waals surface area (Å²) in [7, 11) is 0. The zero-order chi connectivity index (χ0) is 11.3. The topological polar surface area (TPSA) is 43.4 Å². The van der Waals surface area contributed by atoms with Gasteiger partial charge in [0.1, 0.15) is 0 Å². The van der Waals surface area contributed by atoms with Gasteiger partial charge in [0.15, 0.2) is 0 Å². The Hall–Kier alpha value is -0.290. The molecule has 0 saturated carbocycles. The molecule has 0 spiro atoms. The molecule has 0 saturated heterocycles. The van der Waals surface area contributed by atoms with E-state index in [1.54, 1.807) is 0 Å². The molecule has 0 amide bonds. The van der Waals surface area contributed by atoms with Crippen molar-refractivity contribution in [3.05, 3.63) is 30.7 Å². The molecule has 2 rings (SSSR count). The third kappa shape index (κ3) is 1.47. The maximum Gasteiger partial charge on any atom is 0.348 e. The minimum Gasteiger partial charge on any atom is -0.386 e. The number of fused-ring (bicyclic) bond motifs is 1. The monoisotopic (exact) mass is 328 g/mol. The Morgan fingerprint density at radius 3 is 2.00 bits per heavy atom. The Bertz CT molecular complexity index is 468. The van der Waals surface area contributed by atoms with E-state index in [2.05, 4.69) is 20.7 Å². The highest BCUT2D eigenvalue weighted by Crippen LogP contribution is 2.44. The van der Waals surface area contributed by atoms with Crippen molar-refractivity contribution < 1.29 is 14.3 Å². The SMILES string of the molecule is O=C1OC(=O)c2c(Br)c(Cl)c(Cl)c(Cl)c21. The molecule has 0 fully saturated rings. The van der Waals surface area contributed by atoms with Gasteiger partial charge < -0.3 is 4.74 Å². The molecule has 1 aliphatic rings. The predicted octanol–water partition coefficient (Wildman–Crippen LogP) is 3.72. The fraction of sp³-hybridized carbons (Fsp3) is 0. The second-order valence-electron chi connectivity index (χ2n) is 2.68. The quantitative estimate of drug-likeness (QED) is 0.315. The molecule has 1 aromatic rings. The molecule has 1 aliphatic heterocycles. The van der Waals surface area contributed by atoms with Crippen molar-refractivity contribution in [2.24, 2.45) is 0 Å². The van der Waals surface area contributed by atoms with Gasteiger partial charge in [-0.2, -0.15) is 0 Å². The molecular formula is C8BrCl3O3. The summed E-state index contributed by atoms with van der Waals surface area (Å²) in [6, 6.07) is 0. The molecule has 3 nitrogen and oxygen atoms in total. The number of rotatable bonds is 0. The second kappa shape index (κ2) is 3.63. The Kier molecular flexibility index (Phi) is 2.71. The lowest BCUT2D eigenvalue weighted by Crippen LogP contribution is -1.97. The molecule has 78 valence electrons. The summed E-state index contributed by atoms with van der Waals surface area (Å²) < 4.78 is 4.61. The van der Waals surface area contributed by atoms with Gasteiger partial charge in [0.2, 0.25) is 0 Å². The number of cyclic esters (lactones) is 2. The number of benzene rings is 1. The van der Waals surface area contributed by atoms with Crippen molar-refractivity contribution >= 4 is 62.7 Å². The van der Waals surface area contributed by atoms with E-state index in [-0.39, 0.29) is 30.7 Å². The fourth-order valence-corrected chi connectivity index (χ4v) is 2.57. The van der Waals surface area contributed by atoms with E-state index >= 15 is 0 Å². The minimum atomic E-state index is -0.820. The van der Waals surface area contributed by atoms with Crippen LogP contribution in [0, 0.1) is 0 Å². The summed E-state index contributed by atoms with van der Waals surface area (Å²) in [5.74, 6) is -1.61. The summed E-state index contributed by atoms with van der Waals surface area (Å²) in [5.41, 5.74) is -0.0395. The molecule has 1 aromatic carbocycles. The number of carbonyl (C=O) groups is 2. The van der Waals surface area contributed by atoms with Crippen LogP contribution in [0.5, 0.6) is 0 Å². The zero-order valence-corrected chi connectivity index (χ0v) is 10.6. The molecule has 0 N–H and O–H groups in total.